The normalized spacial score (nSPS) is 12.4. The van der Waals surface area contributed by atoms with Gasteiger partial charge < -0.3 is 10.1 Å². The van der Waals surface area contributed by atoms with E-state index in [9.17, 15) is 4.79 Å². The fourth-order valence-corrected chi connectivity index (χ4v) is 2.14. The van der Waals surface area contributed by atoms with E-state index in [1.165, 1.54) is 0 Å². The van der Waals surface area contributed by atoms with Crippen LogP contribution < -0.4 is 5.32 Å². The zero-order valence-corrected chi connectivity index (χ0v) is 13.5. The minimum atomic E-state index is -0.294. The van der Waals surface area contributed by atoms with Crippen LogP contribution in [0.4, 0.5) is 0 Å². The van der Waals surface area contributed by atoms with Gasteiger partial charge in [-0.2, -0.15) is 5.10 Å². The van der Waals surface area contributed by atoms with Gasteiger partial charge in [0.2, 0.25) is 0 Å². The van der Waals surface area contributed by atoms with Gasteiger partial charge >= 0.3 is 5.97 Å². The lowest BCUT2D eigenvalue weighted by Crippen LogP contribution is -2.39. The van der Waals surface area contributed by atoms with E-state index in [0.717, 1.165) is 24.4 Å². The molecule has 114 valence electrons. The second-order valence-electron chi connectivity index (χ2n) is 4.76. The number of hydrogen-bond acceptors (Lipinski definition) is 4. The molecule has 1 unspecified atom stereocenters. The highest BCUT2D eigenvalue weighted by atomic mass is 35.5. The molecule has 1 N–H and O–H groups in total. The lowest BCUT2D eigenvalue weighted by Gasteiger charge is -2.17. The number of ether oxygens (including phenoxy) is 1. The zero-order chi connectivity index (χ0) is 15.1. The monoisotopic (exact) mass is 301 g/mol. The molecule has 0 saturated heterocycles. The van der Waals surface area contributed by atoms with Crippen LogP contribution in [0.2, 0.25) is 5.02 Å². The van der Waals surface area contributed by atoms with Crippen molar-refractivity contribution >= 4 is 17.6 Å². The van der Waals surface area contributed by atoms with Gasteiger partial charge in [0.15, 0.2) is 0 Å². The third kappa shape index (κ3) is 4.49. The van der Waals surface area contributed by atoms with E-state index >= 15 is 0 Å². The maximum atomic E-state index is 11.9. The molecule has 20 heavy (non-hydrogen) atoms. The van der Waals surface area contributed by atoms with Gasteiger partial charge in [0.05, 0.1) is 23.0 Å². The lowest BCUT2D eigenvalue weighted by molar-refractivity contribution is -0.145. The number of carbonyl (C=O) groups excluding carboxylic acids is 1. The maximum Gasteiger partial charge on any atom is 0.323 e. The molecular weight excluding hydrogens is 278 g/mol. The average molecular weight is 302 g/mol. The number of halogens is 1. The molecule has 1 aromatic rings. The summed E-state index contributed by atoms with van der Waals surface area (Å²) in [6.07, 6.45) is 1.61. The quantitative estimate of drug-likeness (QED) is 0.750. The van der Waals surface area contributed by atoms with Gasteiger partial charge in [0, 0.05) is 6.54 Å². The lowest BCUT2D eigenvalue weighted by atomic mass is 10.2. The van der Waals surface area contributed by atoms with Crippen LogP contribution >= 0.6 is 11.6 Å². The highest BCUT2D eigenvalue weighted by Crippen LogP contribution is 2.19. The Hall–Kier alpha value is -1.07. The van der Waals surface area contributed by atoms with Crippen LogP contribution in [0.25, 0.3) is 0 Å². The number of carbonyl (C=O) groups is 1. The molecule has 0 aliphatic rings. The summed E-state index contributed by atoms with van der Waals surface area (Å²) < 4.78 is 6.94. The summed E-state index contributed by atoms with van der Waals surface area (Å²) in [6, 6.07) is -0.294. The smallest absolute Gasteiger partial charge is 0.323 e. The summed E-state index contributed by atoms with van der Waals surface area (Å²) in [5, 5.41) is 8.28. The Bertz CT molecular complexity index is 446. The van der Waals surface area contributed by atoms with Gasteiger partial charge in [0.25, 0.3) is 0 Å². The van der Waals surface area contributed by atoms with Gasteiger partial charge in [0.1, 0.15) is 6.04 Å². The van der Waals surface area contributed by atoms with E-state index in [1.807, 2.05) is 25.5 Å². The number of nitrogens with one attached hydrogen (secondary N) is 1. The van der Waals surface area contributed by atoms with Crippen LogP contribution in [-0.4, -0.2) is 34.9 Å². The first-order valence-corrected chi connectivity index (χ1v) is 7.48. The van der Waals surface area contributed by atoms with Crippen molar-refractivity contribution in [2.75, 3.05) is 13.2 Å². The Morgan fingerprint density at radius 3 is 2.65 bits per heavy atom. The first-order valence-electron chi connectivity index (χ1n) is 7.10. The maximum absolute atomic E-state index is 11.9. The SMILES string of the molecule is CCCNC(CCn1nc(C)c(Cl)c1C)C(=O)OCC. The van der Waals surface area contributed by atoms with Gasteiger partial charge in [-0.25, -0.2) is 0 Å². The van der Waals surface area contributed by atoms with Crippen LogP contribution in [0.3, 0.4) is 0 Å². The second kappa shape index (κ2) is 8.27. The molecule has 0 saturated carbocycles. The number of rotatable bonds is 8. The van der Waals surface area contributed by atoms with Gasteiger partial charge in [-0.3, -0.25) is 9.48 Å². The van der Waals surface area contributed by atoms with Crippen molar-refractivity contribution in [1.82, 2.24) is 15.1 Å². The Morgan fingerprint density at radius 2 is 2.15 bits per heavy atom. The van der Waals surface area contributed by atoms with Gasteiger partial charge in [-0.05, 0) is 40.2 Å². The fraction of sp³-hybridized carbons (Fsp3) is 0.714. The molecule has 0 fully saturated rings. The van der Waals surface area contributed by atoms with Gasteiger partial charge in [-0.15, -0.1) is 0 Å². The zero-order valence-electron chi connectivity index (χ0n) is 12.7. The van der Waals surface area contributed by atoms with Crippen molar-refractivity contribution in [2.24, 2.45) is 0 Å². The molecule has 1 atom stereocenters. The minimum Gasteiger partial charge on any atom is -0.465 e. The summed E-state index contributed by atoms with van der Waals surface area (Å²) >= 11 is 6.12. The number of esters is 1. The first-order chi connectivity index (χ1) is 9.51. The van der Waals surface area contributed by atoms with E-state index < -0.39 is 0 Å². The van der Waals surface area contributed by atoms with Gasteiger partial charge in [-0.1, -0.05) is 18.5 Å². The van der Waals surface area contributed by atoms with E-state index in [1.54, 1.807) is 0 Å². The van der Waals surface area contributed by atoms with E-state index in [0.29, 0.717) is 24.6 Å². The van der Waals surface area contributed by atoms with E-state index in [2.05, 4.69) is 17.3 Å². The molecule has 0 spiro atoms. The molecule has 6 heteroatoms. The number of aromatic nitrogens is 2. The number of nitrogens with zero attached hydrogens (tertiary/aromatic N) is 2. The van der Waals surface area contributed by atoms with Crippen molar-refractivity contribution in [1.29, 1.82) is 0 Å². The van der Waals surface area contributed by atoms with Crippen molar-refractivity contribution in [3.63, 3.8) is 0 Å². The van der Waals surface area contributed by atoms with Crippen LogP contribution in [-0.2, 0) is 16.1 Å². The highest BCUT2D eigenvalue weighted by molar-refractivity contribution is 6.31. The molecule has 0 aliphatic heterocycles. The van der Waals surface area contributed by atoms with Crippen LogP contribution in [0.15, 0.2) is 0 Å². The molecule has 0 aliphatic carbocycles. The van der Waals surface area contributed by atoms with Crippen LogP contribution in [0.5, 0.6) is 0 Å². The number of hydrogen-bond donors (Lipinski definition) is 1. The Labute approximate surface area is 125 Å². The predicted octanol–water partition coefficient (Wildman–Crippen LogP) is 2.47. The molecular formula is C14H24ClN3O2. The molecule has 1 heterocycles. The Kier molecular flexibility index (Phi) is 7.02. The summed E-state index contributed by atoms with van der Waals surface area (Å²) in [6.45, 7) is 9.52. The largest absolute Gasteiger partial charge is 0.465 e. The molecule has 0 radical (unpaired) electrons. The van der Waals surface area contributed by atoms with E-state index in [-0.39, 0.29) is 12.0 Å². The molecule has 0 bridgehead atoms. The third-order valence-corrected chi connectivity index (χ3v) is 3.68. The first kappa shape index (κ1) is 17.0. The van der Waals surface area contributed by atoms with Crippen LogP contribution in [0.1, 0.15) is 38.1 Å². The third-order valence-electron chi connectivity index (χ3n) is 3.13. The van der Waals surface area contributed by atoms with Crippen LogP contribution in [0, 0.1) is 13.8 Å². The topological polar surface area (TPSA) is 56.2 Å². The Balaban J connectivity index is 2.65. The summed E-state index contributed by atoms with van der Waals surface area (Å²) in [4.78, 5) is 11.9. The second-order valence-corrected chi connectivity index (χ2v) is 5.13. The van der Waals surface area contributed by atoms with E-state index in [4.69, 9.17) is 16.3 Å². The van der Waals surface area contributed by atoms with Crippen molar-refractivity contribution in [3.05, 3.63) is 16.4 Å². The molecule has 5 nitrogen and oxygen atoms in total. The van der Waals surface area contributed by atoms with Crippen molar-refractivity contribution in [3.8, 4) is 0 Å². The molecule has 0 aromatic carbocycles. The van der Waals surface area contributed by atoms with Crippen molar-refractivity contribution in [2.45, 2.75) is 53.1 Å². The summed E-state index contributed by atoms with van der Waals surface area (Å²) in [5.41, 5.74) is 1.75. The minimum absolute atomic E-state index is 0.200. The highest BCUT2D eigenvalue weighted by Gasteiger charge is 2.19. The summed E-state index contributed by atoms with van der Waals surface area (Å²) in [5.74, 6) is -0.200. The fourth-order valence-electron chi connectivity index (χ4n) is 2.01. The predicted molar refractivity (Wildman–Crippen MR) is 80.0 cm³/mol. The standard InChI is InChI=1S/C14H24ClN3O2/c1-5-8-16-12(14(19)20-6-2)7-9-18-11(4)13(15)10(3)17-18/h12,16H,5-9H2,1-4H3. The summed E-state index contributed by atoms with van der Waals surface area (Å²) in [7, 11) is 0. The molecule has 1 rings (SSSR count). The average Bonchev–Trinajstić information content (AvgIpc) is 2.66. The number of aryl methyl sites for hydroxylation is 2. The Morgan fingerprint density at radius 1 is 1.45 bits per heavy atom. The molecule has 0 amide bonds. The molecule has 1 aromatic heterocycles. The van der Waals surface area contributed by atoms with Crippen molar-refractivity contribution < 1.29 is 9.53 Å².